The van der Waals surface area contributed by atoms with E-state index < -0.39 is 21.0 Å². The van der Waals surface area contributed by atoms with Crippen molar-refractivity contribution in [1.29, 1.82) is 0 Å². The minimum Gasteiger partial charge on any atom is -0.454 e. The van der Waals surface area contributed by atoms with Crippen molar-refractivity contribution in [1.82, 2.24) is 4.57 Å². The maximum absolute atomic E-state index is 12.8. The lowest BCUT2D eigenvalue weighted by molar-refractivity contribution is 0.0997. The fourth-order valence-electron chi connectivity index (χ4n) is 3.08. The van der Waals surface area contributed by atoms with Crippen LogP contribution in [-0.2, 0) is 16.4 Å². The Morgan fingerprint density at radius 3 is 2.62 bits per heavy atom. The van der Waals surface area contributed by atoms with Crippen molar-refractivity contribution in [2.45, 2.75) is 37.5 Å². The minimum atomic E-state index is -3.47. The monoisotopic (exact) mass is 432 g/mol. The highest BCUT2D eigenvalue weighted by Crippen LogP contribution is 2.37. The molecule has 0 N–H and O–H groups in total. The second-order valence-electron chi connectivity index (χ2n) is 6.84. The molecule has 0 saturated heterocycles. The normalized spacial score (nSPS) is 14.1. The molecule has 2 heterocycles. The van der Waals surface area contributed by atoms with E-state index in [1.807, 2.05) is 23.6 Å². The molecule has 1 amide bonds. The highest BCUT2D eigenvalue weighted by molar-refractivity contribution is 7.92. The van der Waals surface area contributed by atoms with Crippen LogP contribution in [0.5, 0.6) is 11.5 Å². The number of carbonyl (C=O) groups is 1. The van der Waals surface area contributed by atoms with Crippen molar-refractivity contribution in [3.8, 4) is 11.5 Å². The molecule has 0 aliphatic carbocycles. The number of fused-ring (bicyclic) bond motifs is 2. The largest absolute Gasteiger partial charge is 0.454 e. The van der Waals surface area contributed by atoms with Gasteiger partial charge in [0.25, 0.3) is 5.91 Å². The van der Waals surface area contributed by atoms with Crippen LogP contribution >= 0.6 is 11.3 Å². The zero-order valence-electron chi connectivity index (χ0n) is 16.2. The van der Waals surface area contributed by atoms with Gasteiger partial charge in [0.2, 0.25) is 6.79 Å². The van der Waals surface area contributed by atoms with Crippen LogP contribution in [0.25, 0.3) is 10.2 Å². The Labute approximate surface area is 172 Å². The van der Waals surface area contributed by atoms with Crippen LogP contribution in [-0.4, -0.2) is 30.9 Å². The highest BCUT2D eigenvalue weighted by atomic mass is 32.2. The van der Waals surface area contributed by atoms with Gasteiger partial charge in [-0.1, -0.05) is 17.4 Å². The van der Waals surface area contributed by atoms with Gasteiger partial charge < -0.3 is 14.0 Å². The SMILES string of the molecule is CCn1c(=NC(=O)c2cccc(S(=O)(=O)C(C)C)c2)sc2cc3c(cc21)OCO3. The first kappa shape index (κ1) is 19.7. The van der Waals surface area contributed by atoms with Gasteiger partial charge in [-0.2, -0.15) is 4.99 Å². The summed E-state index contributed by atoms with van der Waals surface area (Å²) < 4.78 is 38.6. The van der Waals surface area contributed by atoms with Crippen LogP contribution in [0.4, 0.5) is 0 Å². The molecule has 29 heavy (non-hydrogen) atoms. The number of benzene rings is 2. The molecule has 0 atom stereocenters. The topological polar surface area (TPSA) is 87.0 Å². The third kappa shape index (κ3) is 3.44. The number of amides is 1. The highest BCUT2D eigenvalue weighted by Gasteiger charge is 2.21. The molecule has 0 fully saturated rings. The third-order valence-corrected chi connectivity index (χ3v) is 7.91. The first-order chi connectivity index (χ1) is 13.8. The summed E-state index contributed by atoms with van der Waals surface area (Å²) in [6.07, 6.45) is 0. The van der Waals surface area contributed by atoms with Crippen LogP contribution in [0, 0.1) is 0 Å². The number of nitrogens with zero attached hydrogens (tertiary/aromatic N) is 2. The maximum Gasteiger partial charge on any atom is 0.279 e. The van der Waals surface area contributed by atoms with Crippen molar-refractivity contribution in [3.05, 3.63) is 46.8 Å². The molecule has 0 unspecified atom stereocenters. The number of hydrogen-bond acceptors (Lipinski definition) is 6. The summed E-state index contributed by atoms with van der Waals surface area (Å²) in [5.41, 5.74) is 1.14. The Balaban J connectivity index is 1.79. The lowest BCUT2D eigenvalue weighted by atomic mass is 10.2. The molecule has 2 aromatic carbocycles. The van der Waals surface area contributed by atoms with Crippen molar-refractivity contribution in [2.24, 2.45) is 4.99 Å². The number of aromatic nitrogens is 1. The van der Waals surface area contributed by atoms with E-state index in [1.165, 1.54) is 23.5 Å². The maximum atomic E-state index is 12.8. The van der Waals surface area contributed by atoms with E-state index in [0.717, 1.165) is 10.2 Å². The summed E-state index contributed by atoms with van der Waals surface area (Å²) >= 11 is 1.37. The average molecular weight is 433 g/mol. The molecule has 3 aromatic rings. The van der Waals surface area contributed by atoms with Crippen molar-refractivity contribution < 1.29 is 22.7 Å². The van der Waals surface area contributed by atoms with E-state index in [1.54, 1.807) is 26.0 Å². The van der Waals surface area contributed by atoms with Crippen molar-refractivity contribution in [2.75, 3.05) is 6.79 Å². The van der Waals surface area contributed by atoms with Crippen molar-refractivity contribution in [3.63, 3.8) is 0 Å². The molecule has 0 radical (unpaired) electrons. The number of hydrogen-bond donors (Lipinski definition) is 0. The van der Waals surface area contributed by atoms with Gasteiger partial charge in [-0.15, -0.1) is 0 Å². The van der Waals surface area contributed by atoms with Gasteiger partial charge in [-0.3, -0.25) is 4.79 Å². The fraction of sp³-hybridized carbons (Fsp3) is 0.300. The second-order valence-corrected chi connectivity index (χ2v) is 10.4. The molecule has 9 heteroatoms. The van der Waals surface area contributed by atoms with Gasteiger partial charge in [-0.25, -0.2) is 8.42 Å². The van der Waals surface area contributed by atoms with E-state index in [2.05, 4.69) is 4.99 Å². The Morgan fingerprint density at radius 2 is 1.93 bits per heavy atom. The van der Waals surface area contributed by atoms with Gasteiger partial charge in [0.15, 0.2) is 26.1 Å². The first-order valence-electron chi connectivity index (χ1n) is 9.17. The van der Waals surface area contributed by atoms with Crippen molar-refractivity contribution >= 4 is 37.3 Å². The smallest absolute Gasteiger partial charge is 0.279 e. The predicted molar refractivity (Wildman–Crippen MR) is 110 cm³/mol. The molecule has 1 aliphatic rings. The van der Waals surface area contributed by atoms with Crippen LogP contribution in [0.1, 0.15) is 31.1 Å². The number of thiazole rings is 1. The third-order valence-electron chi connectivity index (χ3n) is 4.72. The zero-order valence-corrected chi connectivity index (χ0v) is 17.8. The Morgan fingerprint density at radius 1 is 1.21 bits per heavy atom. The van der Waals surface area contributed by atoms with Gasteiger partial charge >= 0.3 is 0 Å². The molecule has 152 valence electrons. The molecule has 4 rings (SSSR count). The predicted octanol–water partition coefficient (Wildman–Crippen LogP) is 3.37. The lowest BCUT2D eigenvalue weighted by Gasteiger charge is -2.08. The summed E-state index contributed by atoms with van der Waals surface area (Å²) in [7, 11) is -3.47. The van der Waals surface area contributed by atoms with E-state index in [0.29, 0.717) is 22.8 Å². The Hall–Kier alpha value is -2.65. The molecule has 7 nitrogen and oxygen atoms in total. The number of ether oxygens (including phenoxy) is 2. The Bertz CT molecular complexity index is 1290. The number of sulfone groups is 1. The average Bonchev–Trinajstić information content (AvgIpc) is 3.28. The summed E-state index contributed by atoms with van der Waals surface area (Å²) in [6.45, 7) is 6.01. The summed E-state index contributed by atoms with van der Waals surface area (Å²) in [6, 6.07) is 9.80. The van der Waals surface area contributed by atoms with Crippen LogP contribution in [0.2, 0.25) is 0 Å². The molecular formula is C20H20N2O5S2. The number of aryl methyl sites for hydroxylation is 1. The summed E-state index contributed by atoms with van der Waals surface area (Å²) in [4.78, 5) is 17.7. The van der Waals surface area contributed by atoms with Gasteiger partial charge in [-0.05, 0) is 39.0 Å². The summed E-state index contributed by atoms with van der Waals surface area (Å²) in [5.74, 6) is 0.855. The van der Waals surface area contributed by atoms with E-state index in [-0.39, 0.29) is 17.3 Å². The Kier molecular flexibility index (Phi) is 4.95. The molecule has 1 aliphatic heterocycles. The van der Waals surface area contributed by atoms with E-state index in [9.17, 15) is 13.2 Å². The zero-order chi connectivity index (χ0) is 20.8. The number of rotatable bonds is 4. The minimum absolute atomic E-state index is 0.124. The van der Waals surface area contributed by atoms with Gasteiger partial charge in [0.1, 0.15) is 0 Å². The summed E-state index contributed by atoms with van der Waals surface area (Å²) in [5, 5.41) is -0.568. The standard InChI is InChI=1S/C20H20N2O5S2/c1-4-22-15-9-16-17(27-11-26-16)10-18(15)28-20(22)21-19(23)13-6-5-7-14(8-13)29(24,25)12(2)3/h5-10,12H,4,11H2,1-3H3. The van der Waals surface area contributed by atoms with E-state index >= 15 is 0 Å². The van der Waals surface area contributed by atoms with Crippen LogP contribution in [0.15, 0.2) is 46.3 Å². The molecule has 0 bridgehead atoms. The van der Waals surface area contributed by atoms with Crippen LogP contribution in [0.3, 0.4) is 0 Å². The second kappa shape index (κ2) is 7.31. The van der Waals surface area contributed by atoms with Gasteiger partial charge in [0, 0.05) is 24.2 Å². The van der Waals surface area contributed by atoms with E-state index in [4.69, 9.17) is 9.47 Å². The number of carbonyl (C=O) groups excluding carboxylic acids is 1. The molecule has 0 saturated carbocycles. The first-order valence-corrected chi connectivity index (χ1v) is 11.5. The lowest BCUT2D eigenvalue weighted by Crippen LogP contribution is -2.17. The quantitative estimate of drug-likeness (QED) is 0.631. The molecular weight excluding hydrogens is 412 g/mol. The molecule has 1 aromatic heterocycles. The van der Waals surface area contributed by atoms with Crippen LogP contribution < -0.4 is 14.3 Å². The fourth-order valence-corrected chi connectivity index (χ4v) is 5.29. The molecule has 0 spiro atoms. The van der Waals surface area contributed by atoms with Gasteiger partial charge in [0.05, 0.1) is 20.4 Å².